The lowest BCUT2D eigenvalue weighted by atomic mass is 9.98. The summed E-state index contributed by atoms with van der Waals surface area (Å²) < 4.78 is 6.03. The predicted molar refractivity (Wildman–Crippen MR) is 83.6 cm³/mol. The van der Waals surface area contributed by atoms with Crippen molar-refractivity contribution in [3.63, 3.8) is 0 Å². The number of nitrogens with one attached hydrogen (secondary N) is 1. The molecule has 3 nitrogen and oxygen atoms in total. The Labute approximate surface area is 123 Å². The van der Waals surface area contributed by atoms with Crippen LogP contribution >= 0.6 is 11.6 Å². The maximum absolute atomic E-state index is 6.03. The van der Waals surface area contributed by atoms with Gasteiger partial charge in [0.05, 0.1) is 12.2 Å². The topological polar surface area (TPSA) is 47.3 Å². The van der Waals surface area contributed by atoms with Gasteiger partial charge in [-0.2, -0.15) is 0 Å². The number of para-hydroxylation sites is 1. The highest BCUT2D eigenvalue weighted by Gasteiger charge is 2.21. The van der Waals surface area contributed by atoms with E-state index in [4.69, 9.17) is 22.1 Å². The Balaban J connectivity index is 2.10. The van der Waals surface area contributed by atoms with Gasteiger partial charge in [0, 0.05) is 17.1 Å². The van der Waals surface area contributed by atoms with E-state index in [0.29, 0.717) is 6.54 Å². The molecule has 0 bridgehead atoms. The molecule has 0 saturated heterocycles. The summed E-state index contributed by atoms with van der Waals surface area (Å²) in [4.78, 5) is 0. The first-order chi connectivity index (χ1) is 9.69. The van der Waals surface area contributed by atoms with Gasteiger partial charge in [-0.05, 0) is 36.2 Å². The average Bonchev–Trinajstić information content (AvgIpc) is 2.46. The van der Waals surface area contributed by atoms with E-state index in [1.165, 1.54) is 0 Å². The van der Waals surface area contributed by atoms with Crippen LogP contribution in [0.4, 0.5) is 5.69 Å². The number of anilines is 1. The van der Waals surface area contributed by atoms with Crippen molar-refractivity contribution in [1.29, 1.82) is 0 Å². The molecule has 4 heteroatoms. The lowest BCUT2D eigenvalue weighted by molar-refractivity contribution is 0.215. The number of ether oxygens (including phenoxy) is 1. The van der Waals surface area contributed by atoms with Gasteiger partial charge in [-0.25, -0.2) is 0 Å². The van der Waals surface area contributed by atoms with Crippen molar-refractivity contribution < 1.29 is 4.74 Å². The second kappa shape index (κ2) is 5.35. The first-order valence-corrected chi connectivity index (χ1v) is 7.07. The van der Waals surface area contributed by atoms with Crippen LogP contribution in [-0.4, -0.2) is 19.2 Å². The molecule has 0 spiro atoms. The highest BCUT2D eigenvalue weighted by molar-refractivity contribution is 6.30. The van der Waals surface area contributed by atoms with Gasteiger partial charge in [-0.15, -0.1) is 0 Å². The minimum absolute atomic E-state index is 0.0104. The molecule has 0 radical (unpaired) electrons. The van der Waals surface area contributed by atoms with E-state index in [1.807, 2.05) is 30.3 Å². The van der Waals surface area contributed by atoms with Crippen LogP contribution in [0.3, 0.4) is 0 Å². The standard InChI is InChI=1S/C16H17ClN2O/c1-10-7-11(17)5-6-13(10)14-3-2-4-15-16(14)20-12(8-18)9-19-15/h2-7,12,19H,8-9,18H2,1H3. The second-order valence-electron chi connectivity index (χ2n) is 5.00. The van der Waals surface area contributed by atoms with Gasteiger partial charge in [0.15, 0.2) is 5.75 Å². The molecule has 0 aromatic heterocycles. The molecule has 1 heterocycles. The van der Waals surface area contributed by atoms with Gasteiger partial charge in [-0.3, -0.25) is 0 Å². The predicted octanol–water partition coefficient (Wildman–Crippen LogP) is 3.45. The van der Waals surface area contributed by atoms with Gasteiger partial charge in [-0.1, -0.05) is 29.8 Å². The van der Waals surface area contributed by atoms with Crippen molar-refractivity contribution >= 4 is 17.3 Å². The largest absolute Gasteiger partial charge is 0.484 e. The smallest absolute Gasteiger partial charge is 0.150 e. The molecule has 2 aromatic carbocycles. The Kier molecular flexibility index (Phi) is 3.55. The van der Waals surface area contributed by atoms with Crippen molar-refractivity contribution in [3.05, 3.63) is 47.0 Å². The maximum Gasteiger partial charge on any atom is 0.150 e. The molecule has 0 fully saturated rings. The van der Waals surface area contributed by atoms with Gasteiger partial charge < -0.3 is 15.8 Å². The van der Waals surface area contributed by atoms with Crippen molar-refractivity contribution in [1.82, 2.24) is 0 Å². The summed E-state index contributed by atoms with van der Waals surface area (Å²) in [6.45, 7) is 3.30. The Morgan fingerprint density at radius 3 is 2.90 bits per heavy atom. The van der Waals surface area contributed by atoms with Crippen molar-refractivity contribution in [2.45, 2.75) is 13.0 Å². The van der Waals surface area contributed by atoms with Crippen LogP contribution in [0.5, 0.6) is 5.75 Å². The minimum atomic E-state index is 0.0104. The first-order valence-electron chi connectivity index (χ1n) is 6.69. The third-order valence-corrected chi connectivity index (χ3v) is 3.80. The molecule has 3 N–H and O–H groups in total. The van der Waals surface area contributed by atoms with E-state index in [-0.39, 0.29) is 6.10 Å². The number of halogens is 1. The number of benzene rings is 2. The summed E-state index contributed by atoms with van der Waals surface area (Å²) in [6, 6.07) is 12.0. The number of rotatable bonds is 2. The van der Waals surface area contributed by atoms with Crippen LogP contribution in [0.2, 0.25) is 5.02 Å². The van der Waals surface area contributed by atoms with Crippen molar-refractivity contribution in [3.8, 4) is 16.9 Å². The number of hydrogen-bond donors (Lipinski definition) is 2. The van der Waals surface area contributed by atoms with Crippen molar-refractivity contribution in [2.75, 3.05) is 18.4 Å². The summed E-state index contributed by atoms with van der Waals surface area (Å²) in [5.74, 6) is 0.875. The minimum Gasteiger partial charge on any atom is -0.484 e. The Morgan fingerprint density at radius 2 is 2.15 bits per heavy atom. The highest BCUT2D eigenvalue weighted by Crippen LogP contribution is 2.40. The molecule has 20 heavy (non-hydrogen) atoms. The molecule has 2 aromatic rings. The third-order valence-electron chi connectivity index (χ3n) is 3.56. The van der Waals surface area contributed by atoms with Gasteiger partial charge in [0.25, 0.3) is 0 Å². The van der Waals surface area contributed by atoms with Gasteiger partial charge in [0.1, 0.15) is 6.10 Å². The molecule has 3 rings (SSSR count). The van der Waals surface area contributed by atoms with Crippen LogP contribution in [-0.2, 0) is 0 Å². The molecule has 0 amide bonds. The zero-order valence-corrected chi connectivity index (χ0v) is 12.1. The summed E-state index contributed by atoms with van der Waals surface area (Å²) in [7, 11) is 0. The summed E-state index contributed by atoms with van der Waals surface area (Å²) in [6.07, 6.45) is 0.0104. The van der Waals surface area contributed by atoms with E-state index in [9.17, 15) is 0 Å². The third kappa shape index (κ3) is 2.35. The van der Waals surface area contributed by atoms with Crippen LogP contribution in [0, 0.1) is 6.92 Å². The van der Waals surface area contributed by atoms with Gasteiger partial charge in [0.2, 0.25) is 0 Å². The van der Waals surface area contributed by atoms with E-state index in [2.05, 4.69) is 18.3 Å². The molecule has 104 valence electrons. The molecule has 1 aliphatic rings. The van der Waals surface area contributed by atoms with Crippen LogP contribution in [0.1, 0.15) is 5.56 Å². The number of aryl methyl sites for hydroxylation is 1. The summed E-state index contributed by atoms with van der Waals surface area (Å²) in [5.41, 5.74) is 10.1. The Morgan fingerprint density at radius 1 is 1.30 bits per heavy atom. The molecule has 1 aliphatic heterocycles. The monoisotopic (exact) mass is 288 g/mol. The fourth-order valence-electron chi connectivity index (χ4n) is 2.51. The van der Waals surface area contributed by atoms with E-state index >= 15 is 0 Å². The highest BCUT2D eigenvalue weighted by atomic mass is 35.5. The summed E-state index contributed by atoms with van der Waals surface area (Å²) >= 11 is 6.03. The lowest BCUT2D eigenvalue weighted by Crippen LogP contribution is -2.37. The molecule has 1 unspecified atom stereocenters. The molecule has 0 aliphatic carbocycles. The summed E-state index contributed by atoms with van der Waals surface area (Å²) in [5, 5.41) is 4.12. The quantitative estimate of drug-likeness (QED) is 0.890. The Hall–Kier alpha value is -1.71. The SMILES string of the molecule is Cc1cc(Cl)ccc1-c1cccc2c1OC(CN)CN2. The number of hydrogen-bond acceptors (Lipinski definition) is 3. The van der Waals surface area contributed by atoms with Crippen LogP contribution < -0.4 is 15.8 Å². The lowest BCUT2D eigenvalue weighted by Gasteiger charge is -2.28. The Bertz CT molecular complexity index is 642. The first kappa shape index (κ1) is 13.3. The zero-order chi connectivity index (χ0) is 14.1. The number of fused-ring (bicyclic) bond motifs is 1. The maximum atomic E-state index is 6.03. The normalized spacial score (nSPS) is 17.1. The fourth-order valence-corrected chi connectivity index (χ4v) is 2.73. The molecule has 0 saturated carbocycles. The fraction of sp³-hybridized carbons (Fsp3) is 0.250. The van der Waals surface area contributed by atoms with E-state index in [1.54, 1.807) is 0 Å². The van der Waals surface area contributed by atoms with Crippen molar-refractivity contribution in [2.24, 2.45) is 5.73 Å². The van der Waals surface area contributed by atoms with E-state index < -0.39 is 0 Å². The molecule has 1 atom stereocenters. The molecular formula is C16H17ClN2O. The number of nitrogens with two attached hydrogens (primary N) is 1. The van der Waals surface area contributed by atoms with E-state index in [0.717, 1.165) is 39.7 Å². The average molecular weight is 289 g/mol. The second-order valence-corrected chi connectivity index (χ2v) is 5.43. The van der Waals surface area contributed by atoms with Gasteiger partial charge >= 0.3 is 0 Å². The zero-order valence-electron chi connectivity index (χ0n) is 11.3. The van der Waals surface area contributed by atoms with Crippen LogP contribution in [0.15, 0.2) is 36.4 Å². The molecular weight excluding hydrogens is 272 g/mol. The van der Waals surface area contributed by atoms with Crippen LogP contribution in [0.25, 0.3) is 11.1 Å².